The van der Waals surface area contributed by atoms with E-state index in [0.29, 0.717) is 11.1 Å². The van der Waals surface area contributed by atoms with Crippen molar-refractivity contribution in [3.8, 4) is 0 Å². The number of fused-ring (bicyclic) bond motifs is 1. The van der Waals surface area contributed by atoms with Crippen LogP contribution in [-0.4, -0.2) is 33.7 Å². The summed E-state index contributed by atoms with van der Waals surface area (Å²) in [7, 11) is 0. The van der Waals surface area contributed by atoms with Gasteiger partial charge in [0.05, 0.1) is 5.60 Å². The molecule has 19 heavy (non-hydrogen) atoms. The van der Waals surface area contributed by atoms with Crippen LogP contribution < -0.4 is 0 Å². The highest BCUT2D eigenvalue weighted by molar-refractivity contribution is 6.29. The van der Waals surface area contributed by atoms with Crippen LogP contribution in [0.3, 0.4) is 0 Å². The van der Waals surface area contributed by atoms with E-state index in [9.17, 15) is 5.11 Å². The monoisotopic (exact) mass is 280 g/mol. The van der Waals surface area contributed by atoms with E-state index in [1.165, 1.54) is 24.8 Å². The third-order valence-corrected chi connectivity index (χ3v) is 4.93. The van der Waals surface area contributed by atoms with Crippen LogP contribution >= 0.6 is 11.6 Å². The first-order valence-corrected chi connectivity index (χ1v) is 7.59. The van der Waals surface area contributed by atoms with E-state index >= 15 is 0 Å². The summed E-state index contributed by atoms with van der Waals surface area (Å²) in [6.45, 7) is 2.91. The molecule has 1 saturated carbocycles. The van der Waals surface area contributed by atoms with E-state index < -0.39 is 0 Å². The van der Waals surface area contributed by atoms with Gasteiger partial charge in [0, 0.05) is 31.7 Å². The standard InChI is InChI=1S/C15H21ClN2O/c16-14-5-4-12(9-17-14)10-18-8-7-15(19)6-2-1-3-13(15)11-18/h4-5,9,13,19H,1-3,6-8,10-11H2. The Morgan fingerprint density at radius 1 is 1.37 bits per heavy atom. The quantitative estimate of drug-likeness (QED) is 0.847. The molecule has 2 aliphatic rings. The van der Waals surface area contributed by atoms with Gasteiger partial charge in [-0.2, -0.15) is 0 Å². The van der Waals surface area contributed by atoms with Gasteiger partial charge in [-0.3, -0.25) is 4.90 Å². The van der Waals surface area contributed by atoms with Crippen LogP contribution in [0.15, 0.2) is 18.3 Å². The van der Waals surface area contributed by atoms with Crippen molar-refractivity contribution in [2.75, 3.05) is 13.1 Å². The first kappa shape index (κ1) is 13.3. The maximum Gasteiger partial charge on any atom is 0.129 e. The Morgan fingerprint density at radius 2 is 2.26 bits per heavy atom. The number of likely N-dealkylation sites (tertiary alicyclic amines) is 1. The van der Waals surface area contributed by atoms with Crippen LogP contribution in [0.1, 0.15) is 37.7 Å². The lowest BCUT2D eigenvalue weighted by atomic mass is 9.71. The van der Waals surface area contributed by atoms with E-state index in [4.69, 9.17) is 11.6 Å². The second-order valence-electron chi connectivity index (χ2n) is 6.02. The van der Waals surface area contributed by atoms with Crippen LogP contribution in [0.4, 0.5) is 0 Å². The molecule has 104 valence electrons. The SMILES string of the molecule is OC12CCCCC1CN(Cc1ccc(Cl)nc1)CC2. The summed E-state index contributed by atoms with van der Waals surface area (Å²) < 4.78 is 0. The molecule has 1 saturated heterocycles. The van der Waals surface area contributed by atoms with E-state index in [-0.39, 0.29) is 5.60 Å². The largest absolute Gasteiger partial charge is 0.390 e. The summed E-state index contributed by atoms with van der Waals surface area (Å²) >= 11 is 5.81. The predicted octanol–water partition coefficient (Wildman–Crippen LogP) is 2.86. The highest BCUT2D eigenvalue weighted by Gasteiger charge is 2.42. The zero-order chi connectivity index (χ0) is 13.3. The van der Waals surface area contributed by atoms with Crippen molar-refractivity contribution >= 4 is 11.6 Å². The molecule has 1 N–H and O–H groups in total. The van der Waals surface area contributed by atoms with Crippen LogP contribution in [0, 0.1) is 5.92 Å². The van der Waals surface area contributed by atoms with Gasteiger partial charge >= 0.3 is 0 Å². The van der Waals surface area contributed by atoms with E-state index in [0.717, 1.165) is 32.5 Å². The third kappa shape index (κ3) is 2.93. The van der Waals surface area contributed by atoms with Gasteiger partial charge in [-0.05, 0) is 30.9 Å². The Labute approximate surface area is 119 Å². The van der Waals surface area contributed by atoms with E-state index in [1.807, 2.05) is 18.3 Å². The third-order valence-electron chi connectivity index (χ3n) is 4.71. The van der Waals surface area contributed by atoms with Gasteiger partial charge in [0.1, 0.15) is 5.15 Å². The molecule has 3 rings (SSSR count). The Hall–Kier alpha value is -0.640. The number of aliphatic hydroxyl groups is 1. The molecule has 0 aromatic carbocycles. The predicted molar refractivity (Wildman–Crippen MR) is 76.0 cm³/mol. The lowest BCUT2D eigenvalue weighted by Gasteiger charge is -2.47. The van der Waals surface area contributed by atoms with Gasteiger partial charge in [-0.15, -0.1) is 0 Å². The first-order valence-electron chi connectivity index (χ1n) is 7.21. The number of aromatic nitrogens is 1. The fourth-order valence-corrected chi connectivity index (χ4v) is 3.65. The van der Waals surface area contributed by atoms with Crippen molar-refractivity contribution in [3.05, 3.63) is 29.0 Å². The molecule has 2 atom stereocenters. The summed E-state index contributed by atoms with van der Waals surface area (Å²) in [6, 6.07) is 3.88. The highest BCUT2D eigenvalue weighted by Crippen LogP contribution is 2.39. The topological polar surface area (TPSA) is 36.4 Å². The van der Waals surface area contributed by atoms with Gasteiger partial charge in [0.15, 0.2) is 0 Å². The Morgan fingerprint density at radius 3 is 3.05 bits per heavy atom. The maximum absolute atomic E-state index is 10.7. The number of hydrogen-bond donors (Lipinski definition) is 1. The van der Waals surface area contributed by atoms with Crippen LogP contribution in [0.5, 0.6) is 0 Å². The average molecular weight is 281 g/mol. The molecule has 2 unspecified atom stereocenters. The minimum Gasteiger partial charge on any atom is -0.390 e. The molecule has 2 fully saturated rings. The van der Waals surface area contributed by atoms with Crippen molar-refractivity contribution in [1.29, 1.82) is 0 Å². The van der Waals surface area contributed by atoms with Crippen molar-refractivity contribution in [2.24, 2.45) is 5.92 Å². The molecule has 4 heteroatoms. The fourth-order valence-electron chi connectivity index (χ4n) is 3.54. The second kappa shape index (κ2) is 5.39. The molecular formula is C15H21ClN2O. The molecule has 1 aromatic rings. The highest BCUT2D eigenvalue weighted by atomic mass is 35.5. The molecular weight excluding hydrogens is 260 g/mol. The van der Waals surface area contributed by atoms with Crippen molar-refractivity contribution in [1.82, 2.24) is 9.88 Å². The zero-order valence-electron chi connectivity index (χ0n) is 11.2. The molecule has 0 amide bonds. The molecule has 0 bridgehead atoms. The summed E-state index contributed by atoms with van der Waals surface area (Å²) in [5.74, 6) is 0.454. The van der Waals surface area contributed by atoms with Crippen LogP contribution in [0.2, 0.25) is 5.15 Å². The van der Waals surface area contributed by atoms with Gasteiger partial charge in [0.25, 0.3) is 0 Å². The Kier molecular flexibility index (Phi) is 3.79. The van der Waals surface area contributed by atoms with Gasteiger partial charge in [0.2, 0.25) is 0 Å². The summed E-state index contributed by atoms with van der Waals surface area (Å²) in [5.41, 5.74) is 0.818. The van der Waals surface area contributed by atoms with Gasteiger partial charge in [-0.1, -0.05) is 30.5 Å². The minimum atomic E-state index is -0.382. The number of nitrogens with zero attached hydrogens (tertiary/aromatic N) is 2. The lowest BCUT2D eigenvalue weighted by Crippen LogP contribution is -2.52. The number of pyridine rings is 1. The van der Waals surface area contributed by atoms with Crippen molar-refractivity contribution in [3.63, 3.8) is 0 Å². The summed E-state index contributed by atoms with van der Waals surface area (Å²) in [6.07, 6.45) is 7.39. The maximum atomic E-state index is 10.7. The van der Waals surface area contributed by atoms with E-state index in [1.54, 1.807) is 0 Å². The lowest BCUT2D eigenvalue weighted by molar-refractivity contribution is -0.0968. The molecule has 0 spiro atoms. The Balaban J connectivity index is 1.63. The molecule has 1 aliphatic heterocycles. The fraction of sp³-hybridized carbons (Fsp3) is 0.667. The van der Waals surface area contributed by atoms with Crippen molar-refractivity contribution in [2.45, 2.75) is 44.2 Å². The molecule has 0 radical (unpaired) electrons. The number of hydrogen-bond acceptors (Lipinski definition) is 3. The van der Waals surface area contributed by atoms with Crippen LogP contribution in [0.25, 0.3) is 0 Å². The zero-order valence-corrected chi connectivity index (χ0v) is 11.9. The Bertz CT molecular complexity index is 436. The molecule has 3 nitrogen and oxygen atoms in total. The summed E-state index contributed by atoms with van der Waals surface area (Å²) in [4.78, 5) is 6.57. The van der Waals surface area contributed by atoms with Crippen molar-refractivity contribution < 1.29 is 5.11 Å². The number of halogens is 1. The normalized spacial score (nSPS) is 32.0. The van der Waals surface area contributed by atoms with Crippen LogP contribution in [-0.2, 0) is 6.54 Å². The molecule has 1 aliphatic carbocycles. The average Bonchev–Trinajstić information content (AvgIpc) is 2.41. The summed E-state index contributed by atoms with van der Waals surface area (Å²) in [5, 5.41) is 11.2. The molecule has 2 heterocycles. The van der Waals surface area contributed by atoms with Gasteiger partial charge < -0.3 is 5.11 Å². The molecule has 1 aromatic heterocycles. The van der Waals surface area contributed by atoms with E-state index in [2.05, 4.69) is 9.88 Å². The smallest absolute Gasteiger partial charge is 0.129 e. The first-order chi connectivity index (χ1) is 9.16. The number of rotatable bonds is 2. The second-order valence-corrected chi connectivity index (χ2v) is 6.41. The number of piperidine rings is 1. The minimum absolute atomic E-state index is 0.382. The van der Waals surface area contributed by atoms with Gasteiger partial charge in [-0.25, -0.2) is 4.98 Å².